The molecule has 1 aliphatic rings. The molecule has 17 heavy (non-hydrogen) atoms. The highest BCUT2D eigenvalue weighted by molar-refractivity contribution is 6.04. The summed E-state index contributed by atoms with van der Waals surface area (Å²) in [5.74, 6) is 0.0363. The van der Waals surface area contributed by atoms with Crippen LogP contribution >= 0.6 is 0 Å². The summed E-state index contributed by atoms with van der Waals surface area (Å²) < 4.78 is 0. The van der Waals surface area contributed by atoms with Gasteiger partial charge in [0.25, 0.3) is 5.91 Å². The smallest absolute Gasteiger partial charge is 0.258 e. The Balaban J connectivity index is 2.79. The monoisotopic (exact) mass is 231 g/mol. The van der Waals surface area contributed by atoms with Gasteiger partial charge in [0.05, 0.1) is 0 Å². The molecule has 1 amide bonds. The number of amides is 1. The van der Waals surface area contributed by atoms with Crippen LogP contribution < -0.4 is 0 Å². The number of carbonyl (C=O) groups excluding carboxylic acids is 1. The Kier molecular flexibility index (Phi) is 4.95. The standard InChI is InChI=1S/C15H21NO/c1-5-7-9-11-16-13(4)12(3)14(15(16)17)10-8-6-2/h6,8,10H,3-5,7,9,11H2,1-2H3/b8-6-,14-10+. The fourth-order valence-electron chi connectivity index (χ4n) is 1.84. The van der Waals surface area contributed by atoms with Gasteiger partial charge in [0.15, 0.2) is 0 Å². The van der Waals surface area contributed by atoms with Gasteiger partial charge in [-0.1, -0.05) is 45.1 Å². The lowest BCUT2D eigenvalue weighted by Gasteiger charge is -2.15. The van der Waals surface area contributed by atoms with Crippen LogP contribution in [0.1, 0.15) is 33.1 Å². The zero-order valence-electron chi connectivity index (χ0n) is 10.8. The summed E-state index contributed by atoms with van der Waals surface area (Å²) in [6.45, 7) is 12.7. The predicted octanol–water partition coefficient (Wildman–Crippen LogP) is 3.59. The molecular formula is C15H21NO. The van der Waals surface area contributed by atoms with Crippen molar-refractivity contribution < 1.29 is 4.79 Å². The summed E-state index contributed by atoms with van der Waals surface area (Å²) in [5.41, 5.74) is 2.18. The minimum absolute atomic E-state index is 0.0363. The van der Waals surface area contributed by atoms with Crippen LogP contribution in [0.2, 0.25) is 0 Å². The van der Waals surface area contributed by atoms with E-state index in [9.17, 15) is 4.79 Å². The SMILES string of the molecule is C=C1C(=C)N(CCCCC)C(=O)/C1=C/C=C\C. The summed E-state index contributed by atoms with van der Waals surface area (Å²) in [5, 5.41) is 0. The molecule has 0 saturated carbocycles. The van der Waals surface area contributed by atoms with Crippen molar-refractivity contribution in [2.75, 3.05) is 6.54 Å². The van der Waals surface area contributed by atoms with E-state index in [1.807, 2.05) is 25.2 Å². The van der Waals surface area contributed by atoms with E-state index in [0.29, 0.717) is 5.57 Å². The molecule has 1 rings (SSSR count). The minimum atomic E-state index is 0.0363. The maximum absolute atomic E-state index is 12.1. The first-order valence-corrected chi connectivity index (χ1v) is 6.16. The highest BCUT2D eigenvalue weighted by Crippen LogP contribution is 2.31. The molecule has 0 aromatic heterocycles. The normalized spacial score (nSPS) is 19.1. The Labute approximate surface area is 104 Å². The molecule has 1 saturated heterocycles. The third kappa shape index (κ3) is 2.96. The second kappa shape index (κ2) is 6.24. The number of hydrogen-bond donors (Lipinski definition) is 0. The van der Waals surface area contributed by atoms with Crippen LogP contribution in [0.25, 0.3) is 0 Å². The predicted molar refractivity (Wildman–Crippen MR) is 72.4 cm³/mol. The largest absolute Gasteiger partial charge is 0.308 e. The van der Waals surface area contributed by atoms with Crippen molar-refractivity contribution in [3.8, 4) is 0 Å². The van der Waals surface area contributed by atoms with E-state index in [2.05, 4.69) is 20.1 Å². The maximum atomic E-state index is 12.1. The van der Waals surface area contributed by atoms with Gasteiger partial charge < -0.3 is 4.90 Å². The highest BCUT2D eigenvalue weighted by atomic mass is 16.2. The topological polar surface area (TPSA) is 20.3 Å². The van der Waals surface area contributed by atoms with E-state index in [4.69, 9.17) is 0 Å². The molecule has 2 heteroatoms. The van der Waals surface area contributed by atoms with E-state index in [1.54, 1.807) is 4.90 Å². The Morgan fingerprint density at radius 2 is 2.00 bits per heavy atom. The number of allylic oxidation sites excluding steroid dienone is 4. The number of hydrogen-bond acceptors (Lipinski definition) is 1. The molecule has 0 aromatic carbocycles. The number of unbranched alkanes of at least 4 members (excludes halogenated alkanes) is 2. The molecular weight excluding hydrogens is 210 g/mol. The van der Waals surface area contributed by atoms with Gasteiger partial charge in [-0.25, -0.2) is 0 Å². The third-order valence-electron chi connectivity index (χ3n) is 2.92. The quantitative estimate of drug-likeness (QED) is 0.523. The average Bonchev–Trinajstić information content (AvgIpc) is 2.52. The number of nitrogens with zero attached hydrogens (tertiary/aromatic N) is 1. The molecule has 1 fully saturated rings. The zero-order chi connectivity index (χ0) is 12.8. The molecule has 0 aromatic rings. The van der Waals surface area contributed by atoms with Crippen LogP contribution in [0, 0.1) is 0 Å². The molecule has 2 nitrogen and oxygen atoms in total. The Morgan fingerprint density at radius 3 is 2.59 bits per heavy atom. The second-order valence-corrected chi connectivity index (χ2v) is 4.20. The molecule has 1 aliphatic heterocycles. The van der Waals surface area contributed by atoms with Crippen LogP contribution in [0.5, 0.6) is 0 Å². The van der Waals surface area contributed by atoms with Crippen LogP contribution in [-0.2, 0) is 4.79 Å². The van der Waals surface area contributed by atoms with Crippen molar-refractivity contribution in [2.24, 2.45) is 0 Å². The van der Waals surface area contributed by atoms with Gasteiger partial charge in [-0.3, -0.25) is 4.79 Å². The van der Waals surface area contributed by atoms with Crippen LogP contribution in [0.3, 0.4) is 0 Å². The number of likely N-dealkylation sites (tertiary alicyclic amines) is 1. The van der Waals surface area contributed by atoms with Gasteiger partial charge in [-0.15, -0.1) is 0 Å². The van der Waals surface area contributed by atoms with E-state index >= 15 is 0 Å². The van der Waals surface area contributed by atoms with Gasteiger partial charge >= 0.3 is 0 Å². The Bertz CT molecular complexity index is 388. The molecule has 0 aliphatic carbocycles. The molecule has 0 spiro atoms. The van der Waals surface area contributed by atoms with Crippen molar-refractivity contribution in [3.63, 3.8) is 0 Å². The minimum Gasteiger partial charge on any atom is -0.308 e. The van der Waals surface area contributed by atoms with Gasteiger partial charge in [0, 0.05) is 23.4 Å². The van der Waals surface area contributed by atoms with Crippen LogP contribution in [0.15, 0.2) is 48.2 Å². The first kappa shape index (κ1) is 13.5. The lowest BCUT2D eigenvalue weighted by molar-refractivity contribution is -0.123. The first-order valence-electron chi connectivity index (χ1n) is 6.16. The van der Waals surface area contributed by atoms with Gasteiger partial charge in [0.1, 0.15) is 0 Å². The van der Waals surface area contributed by atoms with E-state index < -0.39 is 0 Å². The van der Waals surface area contributed by atoms with Crippen molar-refractivity contribution in [1.82, 2.24) is 4.90 Å². The molecule has 0 atom stereocenters. The molecule has 92 valence electrons. The second-order valence-electron chi connectivity index (χ2n) is 4.20. The molecule has 0 bridgehead atoms. The van der Waals surface area contributed by atoms with E-state index in [0.717, 1.165) is 37.1 Å². The highest BCUT2D eigenvalue weighted by Gasteiger charge is 2.31. The van der Waals surface area contributed by atoms with Crippen molar-refractivity contribution >= 4 is 5.91 Å². The van der Waals surface area contributed by atoms with Gasteiger partial charge in [0.2, 0.25) is 0 Å². The molecule has 0 radical (unpaired) electrons. The Hall–Kier alpha value is -1.57. The summed E-state index contributed by atoms with van der Waals surface area (Å²) in [4.78, 5) is 13.9. The summed E-state index contributed by atoms with van der Waals surface area (Å²) >= 11 is 0. The van der Waals surface area contributed by atoms with Crippen LogP contribution in [-0.4, -0.2) is 17.4 Å². The summed E-state index contributed by atoms with van der Waals surface area (Å²) in [6, 6.07) is 0. The third-order valence-corrected chi connectivity index (χ3v) is 2.92. The maximum Gasteiger partial charge on any atom is 0.258 e. The summed E-state index contributed by atoms with van der Waals surface area (Å²) in [7, 11) is 0. The lowest BCUT2D eigenvalue weighted by atomic mass is 10.1. The zero-order valence-corrected chi connectivity index (χ0v) is 10.8. The number of carbonyl (C=O) groups is 1. The van der Waals surface area contributed by atoms with Crippen molar-refractivity contribution in [3.05, 3.63) is 48.2 Å². The first-order chi connectivity index (χ1) is 8.13. The average molecular weight is 231 g/mol. The van der Waals surface area contributed by atoms with Gasteiger partial charge in [-0.2, -0.15) is 0 Å². The fourth-order valence-corrected chi connectivity index (χ4v) is 1.84. The molecule has 1 heterocycles. The van der Waals surface area contributed by atoms with E-state index in [1.165, 1.54) is 0 Å². The molecule has 0 N–H and O–H groups in total. The van der Waals surface area contributed by atoms with Crippen LogP contribution in [0.4, 0.5) is 0 Å². The molecule has 0 unspecified atom stereocenters. The van der Waals surface area contributed by atoms with Crippen molar-refractivity contribution in [2.45, 2.75) is 33.1 Å². The van der Waals surface area contributed by atoms with Gasteiger partial charge in [-0.05, 0) is 19.4 Å². The Morgan fingerprint density at radius 1 is 1.29 bits per heavy atom. The number of rotatable bonds is 5. The van der Waals surface area contributed by atoms with Crippen molar-refractivity contribution in [1.29, 1.82) is 0 Å². The lowest BCUT2D eigenvalue weighted by Crippen LogP contribution is -2.24. The van der Waals surface area contributed by atoms with E-state index in [-0.39, 0.29) is 5.91 Å². The fraction of sp³-hybridized carbons (Fsp3) is 0.400. The summed E-state index contributed by atoms with van der Waals surface area (Å²) in [6.07, 6.45) is 8.88.